The summed E-state index contributed by atoms with van der Waals surface area (Å²) in [7, 11) is 1.67. The highest BCUT2D eigenvalue weighted by molar-refractivity contribution is 9.10. The molecule has 1 N–H and O–H groups in total. The minimum Gasteiger partial charge on any atom is -0.496 e. The number of halogens is 1. The molecule has 0 aliphatic heterocycles. The Bertz CT molecular complexity index is 310. The molecule has 1 aromatic rings. The van der Waals surface area contributed by atoms with Crippen LogP contribution in [0.25, 0.3) is 0 Å². The zero-order chi connectivity index (χ0) is 10.6. The molecule has 0 atom stereocenters. The summed E-state index contributed by atoms with van der Waals surface area (Å²) in [5.41, 5.74) is 2.37. The number of hydrogen-bond donors (Lipinski definition) is 1. The van der Waals surface area contributed by atoms with Crippen molar-refractivity contribution in [3.8, 4) is 5.75 Å². The molecule has 0 heterocycles. The second-order valence-electron chi connectivity index (χ2n) is 3.18. The van der Waals surface area contributed by atoms with E-state index in [0.717, 1.165) is 23.1 Å². The summed E-state index contributed by atoms with van der Waals surface area (Å²) in [5, 5.41) is 8.80. The molecule has 0 aliphatic carbocycles. The molecule has 1 aromatic carbocycles. The van der Waals surface area contributed by atoms with Gasteiger partial charge in [0.1, 0.15) is 5.75 Å². The lowest BCUT2D eigenvalue weighted by atomic mass is 10.0. The van der Waals surface area contributed by atoms with Crippen LogP contribution in [0.1, 0.15) is 17.5 Å². The van der Waals surface area contributed by atoms with Crippen LogP contribution in [0.3, 0.4) is 0 Å². The number of aliphatic hydroxyl groups excluding tert-OH is 1. The SMILES string of the molecule is COc1ccc(Br)c(C)c1CCCO. The maximum Gasteiger partial charge on any atom is 0.122 e. The van der Waals surface area contributed by atoms with Gasteiger partial charge in [0.25, 0.3) is 0 Å². The third kappa shape index (κ3) is 2.49. The summed E-state index contributed by atoms with van der Waals surface area (Å²) in [4.78, 5) is 0. The van der Waals surface area contributed by atoms with Crippen molar-refractivity contribution in [2.24, 2.45) is 0 Å². The average molecular weight is 259 g/mol. The number of hydrogen-bond acceptors (Lipinski definition) is 2. The van der Waals surface area contributed by atoms with Crippen molar-refractivity contribution in [3.63, 3.8) is 0 Å². The van der Waals surface area contributed by atoms with Crippen LogP contribution in [-0.4, -0.2) is 18.8 Å². The van der Waals surface area contributed by atoms with E-state index >= 15 is 0 Å². The number of ether oxygens (including phenoxy) is 1. The highest BCUT2D eigenvalue weighted by Crippen LogP contribution is 2.29. The van der Waals surface area contributed by atoms with Crippen molar-refractivity contribution < 1.29 is 9.84 Å². The molecule has 0 bridgehead atoms. The molecule has 1 rings (SSSR count). The van der Waals surface area contributed by atoms with E-state index in [1.54, 1.807) is 7.11 Å². The molecule has 0 spiro atoms. The van der Waals surface area contributed by atoms with E-state index in [1.807, 2.05) is 12.1 Å². The van der Waals surface area contributed by atoms with Gasteiger partial charge >= 0.3 is 0 Å². The normalized spacial score (nSPS) is 10.3. The topological polar surface area (TPSA) is 29.5 Å². The fraction of sp³-hybridized carbons (Fsp3) is 0.455. The van der Waals surface area contributed by atoms with E-state index in [2.05, 4.69) is 22.9 Å². The third-order valence-corrected chi connectivity index (χ3v) is 3.15. The van der Waals surface area contributed by atoms with E-state index in [1.165, 1.54) is 11.1 Å². The predicted octanol–water partition coefficient (Wildman–Crippen LogP) is 2.69. The number of benzene rings is 1. The Morgan fingerprint density at radius 1 is 1.43 bits per heavy atom. The summed E-state index contributed by atoms with van der Waals surface area (Å²) < 4.78 is 6.36. The first-order valence-corrected chi connectivity index (χ1v) is 5.42. The fourth-order valence-electron chi connectivity index (χ4n) is 1.46. The van der Waals surface area contributed by atoms with Gasteiger partial charge < -0.3 is 9.84 Å². The molecule has 0 radical (unpaired) electrons. The van der Waals surface area contributed by atoms with E-state index in [0.29, 0.717) is 0 Å². The molecule has 0 aromatic heterocycles. The largest absolute Gasteiger partial charge is 0.496 e. The smallest absolute Gasteiger partial charge is 0.122 e. The van der Waals surface area contributed by atoms with Gasteiger partial charge in [0, 0.05) is 11.1 Å². The van der Waals surface area contributed by atoms with Gasteiger partial charge in [-0.05, 0) is 43.0 Å². The summed E-state index contributed by atoms with van der Waals surface area (Å²) in [6.45, 7) is 2.27. The van der Waals surface area contributed by atoms with Gasteiger partial charge in [-0.2, -0.15) is 0 Å². The Hall–Kier alpha value is -0.540. The first-order valence-electron chi connectivity index (χ1n) is 4.63. The Morgan fingerprint density at radius 2 is 2.14 bits per heavy atom. The number of methoxy groups -OCH3 is 1. The molecule has 14 heavy (non-hydrogen) atoms. The molecule has 78 valence electrons. The van der Waals surface area contributed by atoms with Gasteiger partial charge in [-0.3, -0.25) is 0 Å². The monoisotopic (exact) mass is 258 g/mol. The minimum atomic E-state index is 0.217. The number of aliphatic hydroxyl groups is 1. The Balaban J connectivity index is 3.01. The average Bonchev–Trinajstić information content (AvgIpc) is 2.20. The molecular formula is C11H15BrO2. The molecule has 0 unspecified atom stereocenters. The van der Waals surface area contributed by atoms with Crippen LogP contribution in [0.5, 0.6) is 5.75 Å². The zero-order valence-corrected chi connectivity index (χ0v) is 10.1. The number of rotatable bonds is 4. The first kappa shape index (κ1) is 11.5. The Morgan fingerprint density at radius 3 is 2.71 bits per heavy atom. The highest BCUT2D eigenvalue weighted by Gasteiger charge is 2.08. The standard InChI is InChI=1S/C11H15BrO2/c1-8-9(4-3-7-13)11(14-2)6-5-10(8)12/h5-6,13H,3-4,7H2,1-2H3. The van der Waals surface area contributed by atoms with Gasteiger partial charge in [-0.15, -0.1) is 0 Å². The minimum absolute atomic E-state index is 0.217. The van der Waals surface area contributed by atoms with Gasteiger partial charge in [0.2, 0.25) is 0 Å². The fourth-order valence-corrected chi connectivity index (χ4v) is 1.83. The van der Waals surface area contributed by atoms with E-state index in [4.69, 9.17) is 9.84 Å². The summed E-state index contributed by atoms with van der Waals surface area (Å²) in [6.07, 6.45) is 1.62. The summed E-state index contributed by atoms with van der Waals surface area (Å²) >= 11 is 3.48. The van der Waals surface area contributed by atoms with Crippen LogP contribution in [0, 0.1) is 6.92 Å². The second-order valence-corrected chi connectivity index (χ2v) is 4.03. The summed E-state index contributed by atoms with van der Waals surface area (Å²) in [5.74, 6) is 0.902. The maximum absolute atomic E-state index is 8.80. The maximum atomic E-state index is 8.80. The second kappa shape index (κ2) is 5.37. The van der Waals surface area contributed by atoms with Crippen molar-refractivity contribution in [1.82, 2.24) is 0 Å². The highest BCUT2D eigenvalue weighted by atomic mass is 79.9. The summed E-state index contributed by atoms with van der Waals surface area (Å²) in [6, 6.07) is 3.93. The van der Waals surface area contributed by atoms with Gasteiger partial charge in [-0.25, -0.2) is 0 Å². The molecular weight excluding hydrogens is 244 g/mol. The van der Waals surface area contributed by atoms with Crippen molar-refractivity contribution in [1.29, 1.82) is 0 Å². The van der Waals surface area contributed by atoms with Gasteiger partial charge in [-0.1, -0.05) is 15.9 Å². The zero-order valence-electron chi connectivity index (χ0n) is 8.51. The van der Waals surface area contributed by atoms with Crippen molar-refractivity contribution >= 4 is 15.9 Å². The Labute approximate surface area is 93.0 Å². The lowest BCUT2D eigenvalue weighted by Crippen LogP contribution is -1.98. The molecule has 0 saturated heterocycles. The molecule has 0 saturated carbocycles. The third-order valence-electron chi connectivity index (χ3n) is 2.29. The molecule has 3 heteroatoms. The van der Waals surface area contributed by atoms with Crippen molar-refractivity contribution in [2.45, 2.75) is 19.8 Å². The quantitative estimate of drug-likeness (QED) is 0.900. The van der Waals surface area contributed by atoms with Crippen molar-refractivity contribution in [2.75, 3.05) is 13.7 Å². The van der Waals surface area contributed by atoms with Crippen LogP contribution in [0.15, 0.2) is 16.6 Å². The van der Waals surface area contributed by atoms with Crippen LogP contribution in [-0.2, 0) is 6.42 Å². The lowest BCUT2D eigenvalue weighted by Gasteiger charge is -2.12. The van der Waals surface area contributed by atoms with Crippen molar-refractivity contribution in [3.05, 3.63) is 27.7 Å². The first-order chi connectivity index (χ1) is 6.70. The van der Waals surface area contributed by atoms with E-state index < -0.39 is 0 Å². The molecule has 0 aliphatic rings. The lowest BCUT2D eigenvalue weighted by molar-refractivity contribution is 0.287. The van der Waals surface area contributed by atoms with Crippen LogP contribution in [0.4, 0.5) is 0 Å². The molecule has 0 amide bonds. The van der Waals surface area contributed by atoms with Crippen LogP contribution in [0.2, 0.25) is 0 Å². The van der Waals surface area contributed by atoms with Gasteiger partial charge in [0.05, 0.1) is 7.11 Å². The van der Waals surface area contributed by atoms with Crippen LogP contribution < -0.4 is 4.74 Å². The molecule has 2 nitrogen and oxygen atoms in total. The molecule has 0 fully saturated rings. The van der Waals surface area contributed by atoms with E-state index in [-0.39, 0.29) is 6.61 Å². The van der Waals surface area contributed by atoms with Crippen LogP contribution >= 0.6 is 15.9 Å². The Kier molecular flexibility index (Phi) is 4.42. The predicted molar refractivity (Wildman–Crippen MR) is 60.8 cm³/mol. The van der Waals surface area contributed by atoms with Gasteiger partial charge in [0.15, 0.2) is 0 Å². The van der Waals surface area contributed by atoms with E-state index in [9.17, 15) is 0 Å².